The number of fused-ring (bicyclic) bond motifs is 1. The minimum atomic E-state index is -0.863. The highest BCUT2D eigenvalue weighted by atomic mass is 35.5. The smallest absolute Gasteiger partial charge is 0.338 e. The van der Waals surface area contributed by atoms with Crippen LogP contribution in [-0.4, -0.2) is 36.5 Å². The first-order chi connectivity index (χ1) is 13.0. The van der Waals surface area contributed by atoms with Crippen molar-refractivity contribution in [3.63, 3.8) is 0 Å². The molecule has 2 aromatic rings. The Balaban J connectivity index is 1.67. The van der Waals surface area contributed by atoms with Crippen molar-refractivity contribution in [3.8, 4) is 11.5 Å². The van der Waals surface area contributed by atoms with Gasteiger partial charge < -0.3 is 14.2 Å². The van der Waals surface area contributed by atoms with Crippen LogP contribution < -0.4 is 9.47 Å². The van der Waals surface area contributed by atoms with E-state index in [4.69, 9.17) is 25.8 Å². The number of nitro benzene ring substituents is 1. The second kappa shape index (κ2) is 8.05. The molecule has 0 spiro atoms. The molecule has 0 bridgehead atoms. The number of esters is 1. The van der Waals surface area contributed by atoms with Crippen LogP contribution in [0.15, 0.2) is 36.4 Å². The van der Waals surface area contributed by atoms with E-state index in [1.807, 2.05) is 0 Å². The molecule has 0 amide bonds. The van der Waals surface area contributed by atoms with E-state index < -0.39 is 29.0 Å². The molecular formula is C18H14ClNO7. The molecule has 1 aliphatic heterocycles. The predicted octanol–water partition coefficient (Wildman–Crippen LogP) is 3.45. The number of hydrogen-bond donors (Lipinski definition) is 0. The Morgan fingerprint density at radius 3 is 2.52 bits per heavy atom. The average molecular weight is 392 g/mol. The van der Waals surface area contributed by atoms with Crippen molar-refractivity contribution >= 4 is 29.0 Å². The summed E-state index contributed by atoms with van der Waals surface area (Å²) in [5.74, 6) is -0.299. The lowest BCUT2D eigenvalue weighted by Gasteiger charge is -2.09. The lowest BCUT2D eigenvalue weighted by Crippen LogP contribution is -2.14. The Hall–Kier alpha value is -3.13. The number of nitrogens with zero attached hydrogens (tertiary/aromatic N) is 1. The molecule has 1 heterocycles. The first-order valence-electron chi connectivity index (χ1n) is 7.99. The van der Waals surface area contributed by atoms with E-state index in [1.165, 1.54) is 18.2 Å². The minimum Gasteiger partial charge on any atom is -0.490 e. The molecule has 0 fully saturated rings. The number of Topliss-reactive ketones (excluding diaryl/α,β-unsaturated/α-hetero) is 1. The minimum absolute atomic E-state index is 0.0717. The van der Waals surface area contributed by atoms with Crippen LogP contribution in [0.4, 0.5) is 5.69 Å². The summed E-state index contributed by atoms with van der Waals surface area (Å²) >= 11 is 5.70. The molecule has 0 radical (unpaired) electrons. The van der Waals surface area contributed by atoms with Crippen LogP contribution in [0.1, 0.15) is 27.1 Å². The third-order valence-corrected chi connectivity index (χ3v) is 4.10. The van der Waals surface area contributed by atoms with Gasteiger partial charge in [-0.05, 0) is 30.3 Å². The molecule has 140 valence electrons. The van der Waals surface area contributed by atoms with Crippen molar-refractivity contribution in [1.29, 1.82) is 0 Å². The van der Waals surface area contributed by atoms with Gasteiger partial charge in [0.2, 0.25) is 0 Å². The molecule has 0 atom stereocenters. The van der Waals surface area contributed by atoms with Crippen LogP contribution in [0, 0.1) is 10.1 Å². The number of nitro groups is 1. The van der Waals surface area contributed by atoms with Crippen molar-refractivity contribution in [2.75, 3.05) is 19.8 Å². The lowest BCUT2D eigenvalue weighted by atomic mass is 10.1. The van der Waals surface area contributed by atoms with Crippen molar-refractivity contribution in [3.05, 3.63) is 62.7 Å². The highest BCUT2D eigenvalue weighted by molar-refractivity contribution is 6.32. The third-order valence-electron chi connectivity index (χ3n) is 3.78. The zero-order chi connectivity index (χ0) is 19.4. The first kappa shape index (κ1) is 18.7. The number of benzene rings is 2. The number of ether oxygens (including phenoxy) is 3. The maximum atomic E-state index is 12.3. The number of carbonyl (C=O) groups excluding carboxylic acids is 2. The largest absolute Gasteiger partial charge is 0.490 e. The van der Waals surface area contributed by atoms with Gasteiger partial charge in [-0.15, -0.1) is 0 Å². The third kappa shape index (κ3) is 4.35. The molecule has 8 nitrogen and oxygen atoms in total. The summed E-state index contributed by atoms with van der Waals surface area (Å²) in [6.07, 6.45) is 0.739. The summed E-state index contributed by atoms with van der Waals surface area (Å²) in [5, 5.41) is 10.8. The monoisotopic (exact) mass is 391 g/mol. The van der Waals surface area contributed by atoms with Gasteiger partial charge in [0.15, 0.2) is 23.9 Å². The quantitative estimate of drug-likeness (QED) is 0.332. The van der Waals surface area contributed by atoms with E-state index in [-0.39, 0.29) is 10.6 Å². The second-order valence-electron chi connectivity index (χ2n) is 5.63. The number of carbonyl (C=O) groups is 2. The average Bonchev–Trinajstić information content (AvgIpc) is 2.90. The molecule has 9 heteroatoms. The molecule has 3 rings (SSSR count). The maximum absolute atomic E-state index is 12.3. The van der Waals surface area contributed by atoms with Gasteiger partial charge >= 0.3 is 5.97 Å². The molecule has 27 heavy (non-hydrogen) atoms. The van der Waals surface area contributed by atoms with Gasteiger partial charge in [0.05, 0.1) is 23.7 Å². The Labute approximate surface area is 158 Å². The summed E-state index contributed by atoms with van der Waals surface area (Å²) in [5.41, 5.74) is -0.188. The van der Waals surface area contributed by atoms with Crippen LogP contribution >= 0.6 is 11.6 Å². The number of hydrogen-bond acceptors (Lipinski definition) is 7. The Kier molecular flexibility index (Phi) is 5.56. The highest BCUT2D eigenvalue weighted by Crippen LogP contribution is 2.30. The van der Waals surface area contributed by atoms with E-state index in [2.05, 4.69) is 0 Å². The van der Waals surface area contributed by atoms with Gasteiger partial charge in [0, 0.05) is 18.1 Å². The van der Waals surface area contributed by atoms with Gasteiger partial charge in [0.1, 0.15) is 5.02 Å². The Bertz CT molecular complexity index is 913. The van der Waals surface area contributed by atoms with Gasteiger partial charge in [0.25, 0.3) is 5.69 Å². The molecular weight excluding hydrogens is 378 g/mol. The predicted molar refractivity (Wildman–Crippen MR) is 94.8 cm³/mol. The molecule has 0 aromatic heterocycles. The number of halogens is 1. The molecule has 0 N–H and O–H groups in total. The summed E-state index contributed by atoms with van der Waals surface area (Å²) in [7, 11) is 0. The van der Waals surface area contributed by atoms with Crippen LogP contribution in [0.25, 0.3) is 0 Å². The number of rotatable bonds is 5. The Morgan fingerprint density at radius 1 is 1.07 bits per heavy atom. The van der Waals surface area contributed by atoms with Crippen LogP contribution in [-0.2, 0) is 4.74 Å². The van der Waals surface area contributed by atoms with Crippen molar-refractivity contribution in [2.24, 2.45) is 0 Å². The second-order valence-corrected chi connectivity index (χ2v) is 6.04. The standard InChI is InChI=1S/C18H14ClNO7/c19-13-4-2-12(8-14(13)20(23)24)18(22)27-10-15(21)11-3-5-16-17(9-11)26-7-1-6-25-16/h2-5,8-9H,1,6-7,10H2. The first-order valence-corrected chi connectivity index (χ1v) is 8.37. The molecule has 0 aliphatic carbocycles. The zero-order valence-corrected chi connectivity index (χ0v) is 14.7. The maximum Gasteiger partial charge on any atom is 0.338 e. The van der Waals surface area contributed by atoms with E-state index in [1.54, 1.807) is 12.1 Å². The van der Waals surface area contributed by atoms with Gasteiger partial charge in [-0.3, -0.25) is 14.9 Å². The van der Waals surface area contributed by atoms with Crippen LogP contribution in [0.5, 0.6) is 11.5 Å². The molecule has 0 saturated carbocycles. The van der Waals surface area contributed by atoms with Gasteiger partial charge in [-0.1, -0.05) is 11.6 Å². The van der Waals surface area contributed by atoms with E-state index in [0.717, 1.165) is 12.5 Å². The summed E-state index contributed by atoms with van der Waals surface area (Å²) in [6, 6.07) is 8.22. The van der Waals surface area contributed by atoms with Crippen molar-refractivity contribution < 1.29 is 28.7 Å². The topological polar surface area (TPSA) is 105 Å². The van der Waals surface area contributed by atoms with Crippen molar-refractivity contribution in [2.45, 2.75) is 6.42 Å². The lowest BCUT2D eigenvalue weighted by molar-refractivity contribution is -0.384. The molecule has 1 aliphatic rings. The summed E-state index contributed by atoms with van der Waals surface area (Å²) < 4.78 is 16.0. The fraction of sp³-hybridized carbons (Fsp3) is 0.222. The fourth-order valence-electron chi connectivity index (χ4n) is 2.41. The number of ketones is 1. The molecule has 0 saturated heterocycles. The highest BCUT2D eigenvalue weighted by Gasteiger charge is 2.19. The van der Waals surface area contributed by atoms with E-state index in [9.17, 15) is 19.7 Å². The fourth-order valence-corrected chi connectivity index (χ4v) is 2.60. The molecule has 0 unspecified atom stereocenters. The summed E-state index contributed by atoms with van der Waals surface area (Å²) in [6.45, 7) is 0.495. The Morgan fingerprint density at radius 2 is 1.78 bits per heavy atom. The molecule has 2 aromatic carbocycles. The van der Waals surface area contributed by atoms with E-state index in [0.29, 0.717) is 30.3 Å². The van der Waals surface area contributed by atoms with Crippen LogP contribution in [0.2, 0.25) is 5.02 Å². The SMILES string of the molecule is O=C(COC(=O)c1ccc(Cl)c([N+](=O)[O-])c1)c1ccc2c(c1)OCCCO2. The van der Waals surface area contributed by atoms with Crippen molar-refractivity contribution in [1.82, 2.24) is 0 Å². The van der Waals surface area contributed by atoms with Crippen LogP contribution in [0.3, 0.4) is 0 Å². The van der Waals surface area contributed by atoms with Gasteiger partial charge in [-0.2, -0.15) is 0 Å². The van der Waals surface area contributed by atoms with E-state index >= 15 is 0 Å². The zero-order valence-electron chi connectivity index (χ0n) is 14.0. The van der Waals surface area contributed by atoms with Gasteiger partial charge in [-0.25, -0.2) is 4.79 Å². The normalized spacial score (nSPS) is 12.8. The summed E-state index contributed by atoms with van der Waals surface area (Å²) in [4.78, 5) is 34.5.